The van der Waals surface area contributed by atoms with E-state index in [-0.39, 0.29) is 5.56 Å². The standard InChI is InChI=1S/C20H22N6O/c1-15-10-23-19(12-22-15)25-7-4-16(5-8-25)13-26-14-24-18(9-20(26)27)17-3-2-6-21-11-17/h2-3,6,9-12,14,16H,4-5,7-8,13H2,1H3. The second-order valence-electron chi connectivity index (χ2n) is 6.95. The molecule has 1 aliphatic heterocycles. The zero-order chi connectivity index (χ0) is 18.6. The molecule has 1 saturated heterocycles. The van der Waals surface area contributed by atoms with Crippen molar-refractivity contribution in [2.75, 3.05) is 18.0 Å². The maximum atomic E-state index is 12.5. The van der Waals surface area contributed by atoms with Gasteiger partial charge in [0.1, 0.15) is 5.82 Å². The molecule has 0 saturated carbocycles. The number of nitrogens with zero attached hydrogens (tertiary/aromatic N) is 6. The fourth-order valence-electron chi connectivity index (χ4n) is 3.41. The van der Waals surface area contributed by atoms with Gasteiger partial charge in [0.05, 0.1) is 30.1 Å². The molecule has 0 unspecified atom stereocenters. The molecule has 7 heteroatoms. The second kappa shape index (κ2) is 7.65. The first kappa shape index (κ1) is 17.3. The highest BCUT2D eigenvalue weighted by molar-refractivity contribution is 5.56. The summed E-state index contributed by atoms with van der Waals surface area (Å²) in [6.45, 7) is 4.50. The molecule has 0 amide bonds. The molecule has 0 radical (unpaired) electrons. The highest BCUT2D eigenvalue weighted by atomic mass is 16.1. The highest BCUT2D eigenvalue weighted by Crippen LogP contribution is 2.22. The Morgan fingerprint density at radius 3 is 2.63 bits per heavy atom. The second-order valence-corrected chi connectivity index (χ2v) is 6.95. The lowest BCUT2D eigenvalue weighted by atomic mass is 9.96. The summed E-state index contributed by atoms with van der Waals surface area (Å²) in [6.07, 6.45) is 10.8. The van der Waals surface area contributed by atoms with Gasteiger partial charge < -0.3 is 4.90 Å². The molecule has 0 aromatic carbocycles. The average Bonchev–Trinajstić information content (AvgIpc) is 2.71. The topological polar surface area (TPSA) is 76.8 Å². The Balaban J connectivity index is 1.39. The Labute approximate surface area is 157 Å². The number of anilines is 1. The van der Waals surface area contributed by atoms with Crippen molar-refractivity contribution in [1.82, 2.24) is 24.5 Å². The molecule has 0 aliphatic carbocycles. The summed E-state index contributed by atoms with van der Waals surface area (Å²) in [5, 5.41) is 0. The zero-order valence-corrected chi connectivity index (χ0v) is 15.3. The van der Waals surface area contributed by atoms with Crippen LogP contribution in [0.4, 0.5) is 5.82 Å². The molecular weight excluding hydrogens is 340 g/mol. The third-order valence-electron chi connectivity index (χ3n) is 5.00. The van der Waals surface area contributed by atoms with Gasteiger partial charge in [0.15, 0.2) is 0 Å². The quantitative estimate of drug-likeness (QED) is 0.709. The van der Waals surface area contributed by atoms with Crippen LogP contribution in [0.2, 0.25) is 0 Å². The van der Waals surface area contributed by atoms with Crippen LogP contribution in [0.25, 0.3) is 11.3 Å². The van der Waals surface area contributed by atoms with Crippen LogP contribution in [0.1, 0.15) is 18.5 Å². The van der Waals surface area contributed by atoms with Gasteiger partial charge in [-0.3, -0.25) is 19.3 Å². The van der Waals surface area contributed by atoms with Crippen LogP contribution in [-0.4, -0.2) is 37.6 Å². The van der Waals surface area contributed by atoms with E-state index in [1.807, 2.05) is 25.3 Å². The minimum Gasteiger partial charge on any atom is -0.355 e. The Bertz CT molecular complexity index is 946. The van der Waals surface area contributed by atoms with E-state index in [0.29, 0.717) is 18.2 Å². The van der Waals surface area contributed by atoms with E-state index in [4.69, 9.17) is 0 Å². The minimum absolute atomic E-state index is 0.0179. The van der Waals surface area contributed by atoms with Crippen LogP contribution in [0, 0.1) is 12.8 Å². The van der Waals surface area contributed by atoms with E-state index < -0.39 is 0 Å². The fourth-order valence-corrected chi connectivity index (χ4v) is 3.41. The van der Waals surface area contributed by atoms with E-state index >= 15 is 0 Å². The maximum absolute atomic E-state index is 12.5. The van der Waals surface area contributed by atoms with E-state index in [1.165, 1.54) is 0 Å². The lowest BCUT2D eigenvalue weighted by Crippen LogP contribution is -2.36. The van der Waals surface area contributed by atoms with Crippen LogP contribution in [-0.2, 0) is 6.54 Å². The molecule has 7 nitrogen and oxygen atoms in total. The molecule has 138 valence electrons. The highest BCUT2D eigenvalue weighted by Gasteiger charge is 2.21. The van der Waals surface area contributed by atoms with Crippen molar-refractivity contribution in [3.05, 3.63) is 65.4 Å². The van der Waals surface area contributed by atoms with Crippen LogP contribution < -0.4 is 10.5 Å². The Hall–Kier alpha value is -3.09. The summed E-state index contributed by atoms with van der Waals surface area (Å²) in [5.74, 6) is 1.39. The first-order valence-corrected chi connectivity index (χ1v) is 9.19. The SMILES string of the molecule is Cc1cnc(N2CCC(Cn3cnc(-c4cccnc4)cc3=O)CC2)cn1. The maximum Gasteiger partial charge on any atom is 0.253 e. The molecule has 4 rings (SSSR count). The van der Waals surface area contributed by atoms with Crippen molar-refractivity contribution >= 4 is 5.82 Å². The molecule has 0 bridgehead atoms. The van der Waals surface area contributed by atoms with Gasteiger partial charge in [-0.2, -0.15) is 0 Å². The van der Waals surface area contributed by atoms with E-state index in [0.717, 1.165) is 43.0 Å². The summed E-state index contributed by atoms with van der Waals surface area (Å²) in [7, 11) is 0. The summed E-state index contributed by atoms with van der Waals surface area (Å²) < 4.78 is 1.71. The monoisotopic (exact) mass is 362 g/mol. The minimum atomic E-state index is -0.0179. The summed E-state index contributed by atoms with van der Waals surface area (Å²) in [5.41, 5.74) is 2.43. The number of hydrogen-bond acceptors (Lipinski definition) is 6. The third-order valence-corrected chi connectivity index (χ3v) is 5.00. The fraction of sp³-hybridized carbons (Fsp3) is 0.350. The van der Waals surface area contributed by atoms with Crippen molar-refractivity contribution in [3.8, 4) is 11.3 Å². The van der Waals surface area contributed by atoms with E-state index in [1.54, 1.807) is 35.6 Å². The molecule has 3 aromatic heterocycles. The van der Waals surface area contributed by atoms with Crippen LogP contribution in [0.3, 0.4) is 0 Å². The van der Waals surface area contributed by atoms with Gasteiger partial charge in [0, 0.05) is 43.7 Å². The zero-order valence-electron chi connectivity index (χ0n) is 15.3. The molecule has 4 heterocycles. The molecule has 3 aromatic rings. The van der Waals surface area contributed by atoms with Gasteiger partial charge in [-0.1, -0.05) is 0 Å². The summed E-state index contributed by atoms with van der Waals surface area (Å²) in [4.78, 5) is 32.0. The first-order chi connectivity index (χ1) is 13.2. The molecule has 27 heavy (non-hydrogen) atoms. The van der Waals surface area contributed by atoms with Crippen molar-refractivity contribution in [1.29, 1.82) is 0 Å². The van der Waals surface area contributed by atoms with Crippen molar-refractivity contribution < 1.29 is 0 Å². The van der Waals surface area contributed by atoms with Crippen LogP contribution in [0.5, 0.6) is 0 Å². The number of pyridine rings is 1. The van der Waals surface area contributed by atoms with Gasteiger partial charge in [-0.15, -0.1) is 0 Å². The molecule has 1 fully saturated rings. The molecule has 0 spiro atoms. The van der Waals surface area contributed by atoms with Gasteiger partial charge >= 0.3 is 0 Å². The number of rotatable bonds is 4. The number of aromatic nitrogens is 5. The first-order valence-electron chi connectivity index (χ1n) is 9.19. The number of piperidine rings is 1. The normalized spacial score (nSPS) is 15.1. The number of hydrogen-bond donors (Lipinski definition) is 0. The lowest BCUT2D eigenvalue weighted by Gasteiger charge is -2.32. The van der Waals surface area contributed by atoms with Crippen molar-refractivity contribution in [3.63, 3.8) is 0 Å². The number of aryl methyl sites for hydroxylation is 1. The molecule has 1 aliphatic rings. The predicted octanol–water partition coefficient (Wildman–Crippen LogP) is 2.32. The Morgan fingerprint density at radius 1 is 1.11 bits per heavy atom. The predicted molar refractivity (Wildman–Crippen MR) is 103 cm³/mol. The third kappa shape index (κ3) is 4.02. The van der Waals surface area contributed by atoms with E-state index in [9.17, 15) is 4.79 Å². The van der Waals surface area contributed by atoms with E-state index in [2.05, 4.69) is 24.8 Å². The summed E-state index contributed by atoms with van der Waals surface area (Å²) in [6, 6.07) is 5.34. The van der Waals surface area contributed by atoms with Crippen molar-refractivity contribution in [2.24, 2.45) is 5.92 Å². The van der Waals surface area contributed by atoms with Crippen LogP contribution >= 0.6 is 0 Å². The van der Waals surface area contributed by atoms with Crippen molar-refractivity contribution in [2.45, 2.75) is 26.3 Å². The Morgan fingerprint density at radius 2 is 1.96 bits per heavy atom. The smallest absolute Gasteiger partial charge is 0.253 e. The van der Waals surface area contributed by atoms with Gasteiger partial charge in [-0.05, 0) is 37.8 Å². The van der Waals surface area contributed by atoms with Gasteiger partial charge in [0.2, 0.25) is 0 Å². The summed E-state index contributed by atoms with van der Waals surface area (Å²) >= 11 is 0. The molecule has 0 N–H and O–H groups in total. The van der Waals surface area contributed by atoms with Crippen LogP contribution in [0.15, 0.2) is 54.1 Å². The largest absolute Gasteiger partial charge is 0.355 e. The Kier molecular flexibility index (Phi) is 4.91. The van der Waals surface area contributed by atoms with Gasteiger partial charge in [0.25, 0.3) is 5.56 Å². The van der Waals surface area contributed by atoms with Gasteiger partial charge in [-0.25, -0.2) is 9.97 Å². The lowest BCUT2D eigenvalue weighted by molar-refractivity contribution is 0.350. The average molecular weight is 362 g/mol. The molecular formula is C20H22N6O. The molecule has 0 atom stereocenters.